The van der Waals surface area contributed by atoms with Gasteiger partial charge in [-0.2, -0.15) is 4.98 Å². The Balaban J connectivity index is 1.33. The molecule has 1 aliphatic heterocycles. The molecule has 2 aromatic carbocycles. The number of amides is 1. The van der Waals surface area contributed by atoms with Crippen LogP contribution in [0.1, 0.15) is 18.4 Å². The lowest BCUT2D eigenvalue weighted by Crippen LogP contribution is -2.43. The number of anilines is 1. The highest BCUT2D eigenvalue weighted by atomic mass is 16.5. The van der Waals surface area contributed by atoms with Gasteiger partial charge in [0.05, 0.1) is 27.2 Å². The molecule has 1 amide bonds. The van der Waals surface area contributed by atoms with Gasteiger partial charge in [0.25, 0.3) is 0 Å². The predicted octanol–water partition coefficient (Wildman–Crippen LogP) is 3.34. The highest BCUT2D eigenvalue weighted by Gasteiger charge is 2.28. The minimum Gasteiger partial charge on any atom is -0.497 e. The lowest BCUT2D eigenvalue weighted by molar-refractivity contribution is -0.125. The van der Waals surface area contributed by atoms with Crippen molar-refractivity contribution in [2.45, 2.75) is 19.3 Å². The summed E-state index contributed by atoms with van der Waals surface area (Å²) in [4.78, 5) is 19.4. The smallest absolute Gasteiger partial charge is 0.324 e. The molecule has 9 heteroatoms. The van der Waals surface area contributed by atoms with Crippen LogP contribution in [0, 0.1) is 5.92 Å². The monoisotopic (exact) mass is 466 g/mol. The van der Waals surface area contributed by atoms with Crippen LogP contribution in [0.5, 0.6) is 17.2 Å². The van der Waals surface area contributed by atoms with Gasteiger partial charge in [-0.05, 0) is 67.3 Å². The quantitative estimate of drug-likeness (QED) is 0.513. The molecule has 1 aromatic heterocycles. The molecule has 9 nitrogen and oxygen atoms in total. The molecule has 1 saturated heterocycles. The number of hydrogen-bond acceptors (Lipinski definition) is 8. The number of nitrogens with one attached hydrogen (secondary N) is 1. The lowest BCUT2D eigenvalue weighted by Gasteiger charge is -2.30. The maximum Gasteiger partial charge on any atom is 0.324 e. The number of rotatable bonds is 9. The highest BCUT2D eigenvalue weighted by molar-refractivity contribution is 5.79. The Bertz CT molecular complexity index is 1100. The van der Waals surface area contributed by atoms with Crippen molar-refractivity contribution < 1.29 is 23.5 Å². The third-order valence-corrected chi connectivity index (χ3v) is 6.01. The van der Waals surface area contributed by atoms with E-state index in [4.69, 9.17) is 18.7 Å². The summed E-state index contributed by atoms with van der Waals surface area (Å²) in [5.41, 5.74) is 1.83. The Kier molecular flexibility index (Phi) is 7.51. The first-order valence-corrected chi connectivity index (χ1v) is 11.3. The maximum absolute atomic E-state index is 12.9. The first-order chi connectivity index (χ1) is 16.6. The zero-order valence-electron chi connectivity index (χ0n) is 19.7. The minimum absolute atomic E-state index is 0.0291. The third kappa shape index (κ3) is 5.41. The summed E-state index contributed by atoms with van der Waals surface area (Å²) >= 11 is 0. The summed E-state index contributed by atoms with van der Waals surface area (Å²) < 4.78 is 21.4. The molecular formula is C25H30N4O5. The van der Waals surface area contributed by atoms with Crippen molar-refractivity contribution in [3.63, 3.8) is 0 Å². The van der Waals surface area contributed by atoms with Crippen molar-refractivity contribution in [2.75, 3.05) is 45.9 Å². The maximum atomic E-state index is 12.9. The van der Waals surface area contributed by atoms with E-state index in [0.29, 0.717) is 31.3 Å². The van der Waals surface area contributed by atoms with Gasteiger partial charge >= 0.3 is 6.01 Å². The van der Waals surface area contributed by atoms with E-state index in [1.165, 1.54) is 0 Å². The molecule has 34 heavy (non-hydrogen) atoms. The average molecular weight is 467 g/mol. The molecule has 180 valence electrons. The van der Waals surface area contributed by atoms with Crippen molar-refractivity contribution in [3.05, 3.63) is 48.0 Å². The number of carbonyl (C=O) groups excluding carboxylic acids is 1. The van der Waals surface area contributed by atoms with Gasteiger partial charge in [-0.3, -0.25) is 4.79 Å². The fraction of sp³-hybridized carbons (Fsp3) is 0.400. The molecule has 1 aliphatic rings. The highest BCUT2D eigenvalue weighted by Crippen LogP contribution is 2.27. The number of nitrogens with zero attached hydrogens (tertiary/aromatic N) is 3. The van der Waals surface area contributed by atoms with E-state index < -0.39 is 0 Å². The number of carbonyl (C=O) groups is 1. The second-order valence-corrected chi connectivity index (χ2v) is 8.13. The van der Waals surface area contributed by atoms with Crippen molar-refractivity contribution in [3.8, 4) is 28.6 Å². The fourth-order valence-corrected chi connectivity index (χ4v) is 4.11. The van der Waals surface area contributed by atoms with Gasteiger partial charge in [-0.1, -0.05) is 5.16 Å². The summed E-state index contributed by atoms with van der Waals surface area (Å²) in [6.07, 6.45) is 2.35. The van der Waals surface area contributed by atoms with Crippen LogP contribution in [0.4, 0.5) is 6.01 Å². The molecule has 3 aromatic rings. The second kappa shape index (κ2) is 10.9. The predicted molar refractivity (Wildman–Crippen MR) is 127 cm³/mol. The van der Waals surface area contributed by atoms with Gasteiger partial charge in [0.2, 0.25) is 11.7 Å². The Morgan fingerprint density at radius 2 is 1.85 bits per heavy atom. The standard InChI is InChI=1S/C25H30N4O5/c1-31-20-8-6-17(7-9-20)23-27-25(34-28-23)29-14-4-5-19(16-29)24(30)26-13-12-18-15-21(32-2)10-11-22(18)33-3/h6-11,15,19H,4-5,12-14,16H2,1-3H3,(H,26,30)/t19-/m1/s1. The number of benzene rings is 2. The van der Waals surface area contributed by atoms with Gasteiger partial charge in [0.1, 0.15) is 17.2 Å². The Labute approximate surface area is 199 Å². The molecule has 1 N–H and O–H groups in total. The van der Waals surface area contributed by atoms with E-state index in [1.807, 2.05) is 47.4 Å². The minimum atomic E-state index is -0.141. The van der Waals surface area contributed by atoms with Crippen molar-refractivity contribution in [2.24, 2.45) is 5.92 Å². The van der Waals surface area contributed by atoms with Gasteiger partial charge < -0.3 is 29.0 Å². The van der Waals surface area contributed by atoms with Crippen LogP contribution >= 0.6 is 0 Å². The van der Waals surface area contributed by atoms with Crippen molar-refractivity contribution in [1.29, 1.82) is 0 Å². The van der Waals surface area contributed by atoms with Gasteiger partial charge in [0, 0.05) is 25.2 Å². The summed E-state index contributed by atoms with van der Waals surface area (Å²) in [6.45, 7) is 1.83. The number of aromatic nitrogens is 2. The van der Waals surface area contributed by atoms with Crippen LogP contribution in [0.3, 0.4) is 0 Å². The molecule has 1 fully saturated rings. The molecule has 0 radical (unpaired) electrons. The molecule has 4 rings (SSSR count). The first kappa shape index (κ1) is 23.4. The lowest BCUT2D eigenvalue weighted by atomic mass is 9.97. The van der Waals surface area contributed by atoms with Crippen LogP contribution in [-0.2, 0) is 11.2 Å². The Morgan fingerprint density at radius 1 is 1.09 bits per heavy atom. The summed E-state index contributed by atoms with van der Waals surface area (Å²) in [5.74, 6) is 2.71. The van der Waals surface area contributed by atoms with Crippen LogP contribution in [0.15, 0.2) is 47.0 Å². The van der Waals surface area contributed by atoms with Crippen molar-refractivity contribution >= 4 is 11.9 Å². The second-order valence-electron chi connectivity index (χ2n) is 8.13. The molecule has 0 spiro atoms. The van der Waals surface area contributed by atoms with Crippen LogP contribution < -0.4 is 24.4 Å². The number of piperidine rings is 1. The van der Waals surface area contributed by atoms with Crippen LogP contribution in [-0.4, -0.2) is 57.0 Å². The SMILES string of the molecule is COc1ccc(-c2noc(N3CCC[C@@H](C(=O)NCCc4cc(OC)ccc4OC)C3)n2)cc1. The first-order valence-electron chi connectivity index (χ1n) is 11.3. The molecule has 0 unspecified atom stereocenters. The molecule has 2 heterocycles. The number of ether oxygens (including phenoxy) is 3. The Morgan fingerprint density at radius 3 is 2.59 bits per heavy atom. The summed E-state index contributed by atoms with van der Waals surface area (Å²) in [7, 11) is 4.89. The largest absolute Gasteiger partial charge is 0.497 e. The van der Waals surface area contributed by atoms with E-state index in [-0.39, 0.29) is 11.8 Å². The molecule has 0 bridgehead atoms. The van der Waals surface area contributed by atoms with Gasteiger partial charge in [-0.25, -0.2) is 0 Å². The number of methoxy groups -OCH3 is 3. The van der Waals surface area contributed by atoms with Crippen molar-refractivity contribution in [1.82, 2.24) is 15.5 Å². The van der Waals surface area contributed by atoms with Crippen LogP contribution in [0.25, 0.3) is 11.4 Å². The topological polar surface area (TPSA) is 99.0 Å². The molecule has 1 atom stereocenters. The van der Waals surface area contributed by atoms with Gasteiger partial charge in [-0.15, -0.1) is 0 Å². The van der Waals surface area contributed by atoms with E-state index in [2.05, 4.69) is 15.5 Å². The van der Waals surface area contributed by atoms with E-state index in [0.717, 1.165) is 47.8 Å². The zero-order chi connectivity index (χ0) is 23.9. The van der Waals surface area contributed by atoms with E-state index >= 15 is 0 Å². The summed E-state index contributed by atoms with van der Waals surface area (Å²) in [6, 6.07) is 13.6. The summed E-state index contributed by atoms with van der Waals surface area (Å²) in [5, 5.41) is 7.17. The van der Waals surface area contributed by atoms with Crippen LogP contribution in [0.2, 0.25) is 0 Å². The number of hydrogen-bond donors (Lipinski definition) is 1. The molecule has 0 saturated carbocycles. The zero-order valence-corrected chi connectivity index (χ0v) is 19.7. The molecule has 0 aliphatic carbocycles. The van der Waals surface area contributed by atoms with E-state index in [1.54, 1.807) is 21.3 Å². The molecular weight excluding hydrogens is 436 g/mol. The third-order valence-electron chi connectivity index (χ3n) is 6.01. The normalized spacial score (nSPS) is 15.6. The average Bonchev–Trinajstić information content (AvgIpc) is 3.39. The van der Waals surface area contributed by atoms with E-state index in [9.17, 15) is 4.79 Å². The fourth-order valence-electron chi connectivity index (χ4n) is 4.11. The Hall–Kier alpha value is -3.75. The van der Waals surface area contributed by atoms with Gasteiger partial charge in [0.15, 0.2) is 0 Å².